The summed E-state index contributed by atoms with van der Waals surface area (Å²) in [5.41, 5.74) is 4.33. The van der Waals surface area contributed by atoms with Crippen LogP contribution in [0.1, 0.15) is 159 Å². The second kappa shape index (κ2) is 19.7. The number of rotatable bonds is 22. The fourth-order valence-electron chi connectivity index (χ4n) is 6.31. The molecule has 41 heavy (non-hydrogen) atoms. The Morgan fingerprint density at radius 2 is 1.10 bits per heavy atom. The Morgan fingerprint density at radius 1 is 0.610 bits per heavy atom. The minimum absolute atomic E-state index is 0.460. The minimum Gasteiger partial charge on any atom is -0.232 e. The quantitative estimate of drug-likeness (QED) is 0.0858. The smallest absolute Gasteiger partial charge is 0.232 e. The SMILES string of the molecule is CCCCCCCCCCCCCCCCC[n+]1c(CC(C)c2ccccc2)cn(C(C)C)c1Cc1ccccc1. The molecule has 0 aliphatic carbocycles. The van der Waals surface area contributed by atoms with Crippen LogP contribution in [0.4, 0.5) is 0 Å². The number of aromatic nitrogens is 2. The van der Waals surface area contributed by atoms with Crippen molar-refractivity contribution in [3.8, 4) is 0 Å². The molecule has 0 fully saturated rings. The zero-order valence-electron chi connectivity index (χ0n) is 27.1. The first-order valence-electron chi connectivity index (χ1n) is 17.3. The van der Waals surface area contributed by atoms with Crippen LogP contribution in [-0.4, -0.2) is 4.57 Å². The highest BCUT2D eigenvalue weighted by Crippen LogP contribution is 2.22. The average Bonchev–Trinajstić information content (AvgIpc) is 3.32. The molecular weight excluding hydrogens is 496 g/mol. The molecule has 0 N–H and O–H groups in total. The zero-order chi connectivity index (χ0) is 29.1. The van der Waals surface area contributed by atoms with Gasteiger partial charge in [0.15, 0.2) is 0 Å². The number of hydrogen-bond acceptors (Lipinski definition) is 0. The molecule has 0 spiro atoms. The van der Waals surface area contributed by atoms with Crippen LogP contribution in [0.3, 0.4) is 0 Å². The van der Waals surface area contributed by atoms with Gasteiger partial charge in [-0.2, -0.15) is 0 Å². The number of imidazole rings is 1. The lowest BCUT2D eigenvalue weighted by Crippen LogP contribution is -2.42. The summed E-state index contributed by atoms with van der Waals surface area (Å²) < 4.78 is 5.24. The van der Waals surface area contributed by atoms with Crippen molar-refractivity contribution in [1.82, 2.24) is 4.57 Å². The highest BCUT2D eigenvalue weighted by molar-refractivity contribution is 5.21. The molecule has 0 saturated carbocycles. The van der Waals surface area contributed by atoms with Crippen LogP contribution in [0.5, 0.6) is 0 Å². The van der Waals surface area contributed by atoms with Crippen molar-refractivity contribution in [3.63, 3.8) is 0 Å². The van der Waals surface area contributed by atoms with Gasteiger partial charge in [-0.1, -0.05) is 158 Å². The monoisotopic (exact) mass is 557 g/mol. The summed E-state index contributed by atoms with van der Waals surface area (Å²) in [6.07, 6.45) is 25.8. The van der Waals surface area contributed by atoms with Crippen LogP contribution < -0.4 is 4.57 Å². The fraction of sp³-hybridized carbons (Fsp3) is 0.615. The van der Waals surface area contributed by atoms with Crippen LogP contribution in [-0.2, 0) is 19.4 Å². The van der Waals surface area contributed by atoms with Gasteiger partial charge in [0.05, 0.1) is 19.0 Å². The molecule has 0 radical (unpaired) electrons. The van der Waals surface area contributed by atoms with Crippen molar-refractivity contribution in [2.24, 2.45) is 0 Å². The van der Waals surface area contributed by atoms with Crippen molar-refractivity contribution in [3.05, 3.63) is 89.5 Å². The highest BCUT2D eigenvalue weighted by Gasteiger charge is 2.26. The van der Waals surface area contributed by atoms with E-state index in [1.807, 2.05) is 0 Å². The summed E-state index contributed by atoms with van der Waals surface area (Å²) in [4.78, 5) is 0. The molecule has 0 aliphatic heterocycles. The summed E-state index contributed by atoms with van der Waals surface area (Å²) in [6, 6.07) is 22.5. The molecule has 3 aromatic rings. The first kappa shape index (κ1) is 33.2. The highest BCUT2D eigenvalue weighted by atomic mass is 15.2. The maximum Gasteiger partial charge on any atom is 0.261 e. The number of nitrogens with zero attached hydrogens (tertiary/aromatic N) is 2. The van der Waals surface area contributed by atoms with E-state index in [1.54, 1.807) is 0 Å². The standard InChI is InChI=1S/C39H61N2/c1-5-6-7-8-9-10-11-12-13-14-15-16-17-18-25-30-40-38(31-35(4)37-28-23-20-24-29-37)33-41(34(2)3)39(40)32-36-26-21-19-22-27-36/h19-24,26-29,33-35H,5-18,25,30-32H2,1-4H3/q+1. The van der Waals surface area contributed by atoms with E-state index < -0.39 is 0 Å². The van der Waals surface area contributed by atoms with Crippen LogP contribution >= 0.6 is 0 Å². The minimum atomic E-state index is 0.460. The van der Waals surface area contributed by atoms with Gasteiger partial charge in [0.1, 0.15) is 11.9 Å². The van der Waals surface area contributed by atoms with Crippen molar-refractivity contribution in [1.29, 1.82) is 0 Å². The normalized spacial score (nSPS) is 12.3. The number of benzene rings is 2. The van der Waals surface area contributed by atoms with Gasteiger partial charge in [-0.3, -0.25) is 0 Å². The molecule has 0 saturated heterocycles. The third kappa shape index (κ3) is 12.2. The van der Waals surface area contributed by atoms with E-state index in [9.17, 15) is 0 Å². The topological polar surface area (TPSA) is 8.81 Å². The van der Waals surface area contributed by atoms with Crippen LogP contribution in [0, 0.1) is 0 Å². The lowest BCUT2D eigenvalue weighted by atomic mass is 9.96. The summed E-state index contributed by atoms with van der Waals surface area (Å²) in [6.45, 7) is 10.5. The van der Waals surface area contributed by atoms with E-state index in [4.69, 9.17) is 0 Å². The van der Waals surface area contributed by atoms with Gasteiger partial charge in [-0.25, -0.2) is 9.13 Å². The first-order valence-corrected chi connectivity index (χ1v) is 17.3. The van der Waals surface area contributed by atoms with Gasteiger partial charge in [0, 0.05) is 6.42 Å². The predicted octanol–water partition coefficient (Wildman–Crippen LogP) is 11.2. The van der Waals surface area contributed by atoms with E-state index in [1.165, 1.54) is 119 Å². The largest absolute Gasteiger partial charge is 0.261 e. The fourth-order valence-corrected chi connectivity index (χ4v) is 6.31. The summed E-state index contributed by atoms with van der Waals surface area (Å²) in [7, 11) is 0. The average molecular weight is 558 g/mol. The summed E-state index contributed by atoms with van der Waals surface area (Å²) in [5.74, 6) is 1.97. The van der Waals surface area contributed by atoms with Gasteiger partial charge in [-0.15, -0.1) is 0 Å². The van der Waals surface area contributed by atoms with E-state index in [0.29, 0.717) is 12.0 Å². The number of hydrogen-bond donors (Lipinski definition) is 0. The molecule has 1 atom stereocenters. The van der Waals surface area contributed by atoms with Gasteiger partial charge in [0.25, 0.3) is 5.82 Å². The predicted molar refractivity (Wildman–Crippen MR) is 178 cm³/mol. The van der Waals surface area contributed by atoms with Gasteiger partial charge < -0.3 is 0 Å². The van der Waals surface area contributed by atoms with Crippen LogP contribution in [0.15, 0.2) is 66.9 Å². The van der Waals surface area contributed by atoms with E-state index in [0.717, 1.165) is 19.4 Å². The Balaban J connectivity index is 1.49. The Kier molecular flexibility index (Phi) is 15.9. The summed E-state index contributed by atoms with van der Waals surface area (Å²) in [5, 5.41) is 0. The lowest BCUT2D eigenvalue weighted by Gasteiger charge is -2.12. The maximum absolute atomic E-state index is 2.69. The summed E-state index contributed by atoms with van der Waals surface area (Å²) >= 11 is 0. The second-order valence-electron chi connectivity index (χ2n) is 12.8. The van der Waals surface area contributed by atoms with Crippen molar-refractivity contribution in [2.45, 2.75) is 155 Å². The van der Waals surface area contributed by atoms with E-state index in [-0.39, 0.29) is 0 Å². The Labute approximate surface area is 253 Å². The molecule has 1 heterocycles. The molecular formula is C39H61N2+. The molecule has 0 bridgehead atoms. The molecule has 1 aromatic heterocycles. The third-order valence-electron chi connectivity index (χ3n) is 8.88. The second-order valence-corrected chi connectivity index (χ2v) is 12.8. The Bertz CT molecular complexity index is 1050. The van der Waals surface area contributed by atoms with Crippen molar-refractivity contribution in [2.75, 3.05) is 0 Å². The van der Waals surface area contributed by atoms with E-state index in [2.05, 4.69) is 104 Å². The lowest BCUT2D eigenvalue weighted by molar-refractivity contribution is -0.710. The van der Waals surface area contributed by atoms with Crippen LogP contribution in [0.2, 0.25) is 0 Å². The Hall–Kier alpha value is -2.35. The molecule has 1 unspecified atom stereocenters. The molecule has 2 heteroatoms. The molecule has 0 amide bonds. The van der Waals surface area contributed by atoms with Gasteiger partial charge in [-0.05, 0) is 43.7 Å². The zero-order valence-corrected chi connectivity index (χ0v) is 27.1. The van der Waals surface area contributed by atoms with Gasteiger partial charge >= 0.3 is 0 Å². The molecule has 2 nitrogen and oxygen atoms in total. The van der Waals surface area contributed by atoms with Crippen molar-refractivity contribution >= 4 is 0 Å². The molecule has 0 aliphatic rings. The third-order valence-corrected chi connectivity index (χ3v) is 8.88. The van der Waals surface area contributed by atoms with Gasteiger partial charge in [0.2, 0.25) is 0 Å². The molecule has 226 valence electrons. The molecule has 2 aromatic carbocycles. The van der Waals surface area contributed by atoms with Crippen molar-refractivity contribution < 1.29 is 4.57 Å². The van der Waals surface area contributed by atoms with E-state index >= 15 is 0 Å². The molecule has 3 rings (SSSR count). The first-order chi connectivity index (χ1) is 20.1. The van der Waals surface area contributed by atoms with Crippen LogP contribution in [0.25, 0.3) is 0 Å². The maximum atomic E-state index is 2.69. The Morgan fingerprint density at radius 3 is 1.61 bits per heavy atom. The number of unbranched alkanes of at least 4 members (excludes halogenated alkanes) is 14.